The summed E-state index contributed by atoms with van der Waals surface area (Å²) in [4.78, 5) is 22.2. The molecule has 0 radical (unpaired) electrons. The monoisotopic (exact) mass is 486 g/mol. The number of rotatable bonds is 8. The number of fused-ring (bicyclic) bond motifs is 1. The van der Waals surface area contributed by atoms with Crippen LogP contribution < -0.4 is 14.8 Å². The topological polar surface area (TPSA) is 66.9 Å². The van der Waals surface area contributed by atoms with Crippen LogP contribution in [0, 0.1) is 0 Å². The molecule has 1 saturated heterocycles. The van der Waals surface area contributed by atoms with Crippen LogP contribution in [-0.2, 0) is 11.3 Å². The lowest BCUT2D eigenvalue weighted by Crippen LogP contribution is -2.42. The van der Waals surface area contributed by atoms with E-state index in [4.69, 9.17) is 9.47 Å². The van der Waals surface area contributed by atoms with Crippen molar-refractivity contribution in [3.63, 3.8) is 0 Å². The summed E-state index contributed by atoms with van der Waals surface area (Å²) in [5, 5.41) is 3.21. The Morgan fingerprint density at radius 1 is 1.11 bits per heavy atom. The van der Waals surface area contributed by atoms with Crippen molar-refractivity contribution in [2.24, 2.45) is 0 Å². The first-order chi connectivity index (χ1) is 17.7. The van der Waals surface area contributed by atoms with E-state index in [2.05, 4.69) is 32.2 Å². The summed E-state index contributed by atoms with van der Waals surface area (Å²) < 4.78 is 12.1. The first-order valence-corrected chi connectivity index (χ1v) is 12.7. The fourth-order valence-corrected chi connectivity index (χ4v) is 5.24. The van der Waals surface area contributed by atoms with Gasteiger partial charge in [0.2, 0.25) is 5.91 Å². The zero-order valence-electron chi connectivity index (χ0n) is 20.8. The van der Waals surface area contributed by atoms with Crippen LogP contribution in [0.5, 0.6) is 11.5 Å². The molecule has 3 heterocycles. The highest BCUT2D eigenvalue weighted by Crippen LogP contribution is 2.34. The van der Waals surface area contributed by atoms with Gasteiger partial charge in [0.15, 0.2) is 0 Å². The summed E-state index contributed by atoms with van der Waals surface area (Å²) in [5.74, 6) is 1.75. The van der Waals surface area contributed by atoms with Crippen LogP contribution in [0.1, 0.15) is 41.7 Å². The van der Waals surface area contributed by atoms with E-state index in [1.54, 1.807) is 13.3 Å². The van der Waals surface area contributed by atoms with Crippen molar-refractivity contribution in [1.29, 1.82) is 0 Å². The van der Waals surface area contributed by atoms with Gasteiger partial charge in [0.1, 0.15) is 23.6 Å². The van der Waals surface area contributed by atoms with Crippen molar-refractivity contribution in [2.45, 2.75) is 31.5 Å². The first-order valence-electron chi connectivity index (χ1n) is 12.7. The van der Waals surface area contributed by atoms with Gasteiger partial charge in [0.25, 0.3) is 0 Å². The molecule has 2 aliphatic heterocycles. The van der Waals surface area contributed by atoms with E-state index >= 15 is 0 Å². The van der Waals surface area contributed by atoms with Crippen molar-refractivity contribution >= 4 is 5.91 Å². The van der Waals surface area contributed by atoms with Crippen LogP contribution >= 0.6 is 0 Å². The van der Waals surface area contributed by atoms with E-state index in [0.717, 1.165) is 67.2 Å². The third-order valence-electron chi connectivity index (χ3n) is 7.03. The van der Waals surface area contributed by atoms with Gasteiger partial charge in [-0.3, -0.25) is 19.6 Å². The molecule has 1 fully saturated rings. The molecular formula is C29H34N4O3. The fourth-order valence-electron chi connectivity index (χ4n) is 5.24. The summed E-state index contributed by atoms with van der Waals surface area (Å²) in [7, 11) is 1.69. The highest BCUT2D eigenvalue weighted by molar-refractivity contribution is 5.83. The number of carbonyl (C=O) groups excluding carboxylic acids is 1. The summed E-state index contributed by atoms with van der Waals surface area (Å²) in [6.45, 7) is 4.61. The van der Waals surface area contributed by atoms with Gasteiger partial charge in [-0.1, -0.05) is 42.5 Å². The number of hydrogen-bond acceptors (Lipinski definition) is 6. The molecule has 2 unspecified atom stereocenters. The number of hydrogen-bond donors (Lipinski definition) is 1. The van der Waals surface area contributed by atoms with E-state index in [0.29, 0.717) is 13.1 Å². The zero-order chi connectivity index (χ0) is 24.7. The minimum absolute atomic E-state index is 0.0395. The maximum atomic E-state index is 13.4. The van der Waals surface area contributed by atoms with Crippen LogP contribution in [0.2, 0.25) is 0 Å². The van der Waals surface area contributed by atoms with Crippen LogP contribution in [0.4, 0.5) is 0 Å². The third-order valence-corrected chi connectivity index (χ3v) is 7.03. The maximum Gasteiger partial charge on any atom is 0.242 e. The lowest BCUT2D eigenvalue weighted by Gasteiger charge is -2.28. The second-order valence-corrected chi connectivity index (χ2v) is 9.41. The summed E-state index contributed by atoms with van der Waals surface area (Å²) >= 11 is 0. The van der Waals surface area contributed by atoms with Crippen LogP contribution in [0.25, 0.3) is 0 Å². The van der Waals surface area contributed by atoms with Gasteiger partial charge in [-0.05, 0) is 49.7 Å². The van der Waals surface area contributed by atoms with Crippen LogP contribution in [-0.4, -0.2) is 60.5 Å². The number of likely N-dealkylation sites (tertiary alicyclic amines) is 1. The minimum Gasteiger partial charge on any atom is -0.496 e. The molecule has 5 rings (SSSR count). The Labute approximate surface area is 213 Å². The third kappa shape index (κ3) is 5.53. The normalized spacial score (nSPS) is 19.1. The first kappa shape index (κ1) is 24.3. The predicted octanol–water partition coefficient (Wildman–Crippen LogP) is 3.98. The molecule has 1 aromatic heterocycles. The summed E-state index contributed by atoms with van der Waals surface area (Å²) in [6, 6.07) is 19.8. The average Bonchev–Trinajstić information content (AvgIpc) is 3.37. The molecule has 1 N–H and O–H groups in total. The quantitative estimate of drug-likeness (QED) is 0.520. The van der Waals surface area contributed by atoms with E-state index < -0.39 is 0 Å². The molecule has 0 saturated carbocycles. The van der Waals surface area contributed by atoms with Gasteiger partial charge in [0, 0.05) is 49.7 Å². The number of para-hydroxylation sites is 2. The number of pyridine rings is 1. The van der Waals surface area contributed by atoms with Crippen molar-refractivity contribution in [3.05, 3.63) is 89.7 Å². The highest BCUT2D eigenvalue weighted by atomic mass is 16.5. The average molecular weight is 487 g/mol. The number of aromatic nitrogens is 1. The van der Waals surface area contributed by atoms with Crippen LogP contribution in [0.15, 0.2) is 73.1 Å². The molecule has 0 bridgehead atoms. The van der Waals surface area contributed by atoms with Gasteiger partial charge in [0.05, 0.1) is 7.11 Å². The molecule has 1 amide bonds. The highest BCUT2D eigenvalue weighted by Gasteiger charge is 2.30. The Bertz CT molecular complexity index is 1150. The maximum absolute atomic E-state index is 13.4. The van der Waals surface area contributed by atoms with Gasteiger partial charge >= 0.3 is 0 Å². The lowest BCUT2D eigenvalue weighted by atomic mass is 10.1. The van der Waals surface area contributed by atoms with Crippen LogP contribution in [0.3, 0.4) is 0 Å². The smallest absolute Gasteiger partial charge is 0.242 e. The molecule has 7 heteroatoms. The second-order valence-electron chi connectivity index (χ2n) is 9.41. The number of ether oxygens (including phenoxy) is 2. The predicted molar refractivity (Wildman–Crippen MR) is 139 cm³/mol. The van der Waals surface area contributed by atoms with Gasteiger partial charge < -0.3 is 14.8 Å². The van der Waals surface area contributed by atoms with E-state index in [1.807, 2.05) is 54.7 Å². The van der Waals surface area contributed by atoms with Gasteiger partial charge in [-0.2, -0.15) is 0 Å². The van der Waals surface area contributed by atoms with E-state index in [9.17, 15) is 4.79 Å². The molecule has 2 aromatic carbocycles. The zero-order valence-corrected chi connectivity index (χ0v) is 20.8. The Hall–Kier alpha value is -3.42. The Kier molecular flexibility index (Phi) is 7.79. The SMILES string of the molecule is COc1ccccc1C1CN(CCNC(=O)C(c2cccnc2)N2CCCC2)Cc2ccccc2O1. The molecular weight excluding hydrogens is 452 g/mol. The number of nitrogens with one attached hydrogen (secondary N) is 1. The number of amides is 1. The standard InChI is InChI=1S/C29H34N4O3/c1-35-26-13-5-3-11-24(26)27-21-32(20-23-9-2-4-12-25(23)36-27)18-15-31-29(34)28(33-16-6-7-17-33)22-10-8-14-30-19-22/h2-5,8-14,19,27-28H,6-7,15-18,20-21H2,1H3,(H,31,34). The molecule has 0 aliphatic carbocycles. The lowest BCUT2D eigenvalue weighted by molar-refractivity contribution is -0.126. The Balaban J connectivity index is 1.29. The van der Waals surface area contributed by atoms with Crippen molar-refractivity contribution in [3.8, 4) is 11.5 Å². The van der Waals surface area contributed by atoms with Gasteiger partial charge in [-0.25, -0.2) is 0 Å². The second kappa shape index (κ2) is 11.5. The summed E-state index contributed by atoms with van der Waals surface area (Å²) in [6.07, 6.45) is 5.64. The van der Waals surface area contributed by atoms with Crippen molar-refractivity contribution in [2.75, 3.05) is 39.8 Å². The molecule has 2 atom stereocenters. The largest absolute Gasteiger partial charge is 0.496 e. The van der Waals surface area contributed by atoms with Crippen molar-refractivity contribution in [1.82, 2.24) is 20.1 Å². The number of carbonyl (C=O) groups is 1. The minimum atomic E-state index is -0.296. The molecule has 2 aliphatic rings. The molecule has 36 heavy (non-hydrogen) atoms. The van der Waals surface area contributed by atoms with E-state index in [1.165, 1.54) is 0 Å². The number of nitrogens with zero attached hydrogens (tertiary/aromatic N) is 3. The Morgan fingerprint density at radius 2 is 1.92 bits per heavy atom. The Morgan fingerprint density at radius 3 is 2.72 bits per heavy atom. The summed E-state index contributed by atoms with van der Waals surface area (Å²) in [5.41, 5.74) is 3.12. The van der Waals surface area contributed by atoms with Crippen molar-refractivity contribution < 1.29 is 14.3 Å². The molecule has 3 aromatic rings. The number of benzene rings is 2. The fraction of sp³-hybridized carbons (Fsp3) is 0.379. The van der Waals surface area contributed by atoms with E-state index in [-0.39, 0.29) is 18.1 Å². The number of methoxy groups -OCH3 is 1. The van der Waals surface area contributed by atoms with Gasteiger partial charge in [-0.15, -0.1) is 0 Å². The molecule has 7 nitrogen and oxygen atoms in total. The molecule has 188 valence electrons. The molecule has 0 spiro atoms.